The Morgan fingerprint density at radius 3 is 2.80 bits per heavy atom. The zero-order valence-corrected chi connectivity index (χ0v) is 11.8. The molecule has 4 heteroatoms. The van der Waals surface area contributed by atoms with Crippen LogP contribution in [0.15, 0.2) is 42.5 Å². The lowest BCUT2D eigenvalue weighted by atomic mass is 10.1. The third-order valence-electron chi connectivity index (χ3n) is 3.12. The number of rotatable bonds is 4. The molecule has 1 atom stereocenters. The molecule has 0 radical (unpaired) electrons. The average Bonchev–Trinajstić information content (AvgIpc) is 2.46. The summed E-state index contributed by atoms with van der Waals surface area (Å²) in [6, 6.07) is 13.9. The Morgan fingerprint density at radius 2 is 2.10 bits per heavy atom. The van der Waals surface area contributed by atoms with E-state index in [1.165, 1.54) is 12.1 Å². The van der Waals surface area contributed by atoms with Crippen molar-refractivity contribution >= 4 is 11.6 Å². The van der Waals surface area contributed by atoms with Crippen LogP contribution in [0, 0.1) is 17.1 Å². The molecule has 0 heterocycles. The highest BCUT2D eigenvalue weighted by atomic mass is 35.5. The van der Waals surface area contributed by atoms with Crippen molar-refractivity contribution in [1.29, 1.82) is 5.26 Å². The van der Waals surface area contributed by atoms with Crippen LogP contribution in [0.3, 0.4) is 0 Å². The minimum Gasteiger partial charge on any atom is -0.306 e. The molecule has 0 aromatic heterocycles. The summed E-state index contributed by atoms with van der Waals surface area (Å²) < 4.78 is 13.7. The average molecular weight is 289 g/mol. The van der Waals surface area contributed by atoms with Crippen LogP contribution in [0.4, 0.5) is 4.39 Å². The smallest absolute Gasteiger partial charge is 0.127 e. The Morgan fingerprint density at radius 1 is 1.30 bits per heavy atom. The second kappa shape index (κ2) is 6.51. The minimum atomic E-state index is -0.310. The summed E-state index contributed by atoms with van der Waals surface area (Å²) in [5.41, 5.74) is 1.98. The summed E-state index contributed by atoms with van der Waals surface area (Å²) in [6.07, 6.45) is 0. The Kier molecular flexibility index (Phi) is 4.73. The normalized spacial score (nSPS) is 11.9. The molecule has 0 fully saturated rings. The number of nitriles is 1. The van der Waals surface area contributed by atoms with Crippen LogP contribution in [0.2, 0.25) is 5.02 Å². The van der Waals surface area contributed by atoms with E-state index < -0.39 is 0 Å². The maximum absolute atomic E-state index is 13.7. The molecule has 0 aliphatic heterocycles. The van der Waals surface area contributed by atoms with E-state index in [4.69, 9.17) is 16.9 Å². The van der Waals surface area contributed by atoms with E-state index in [1.807, 2.05) is 37.3 Å². The second-order valence-electron chi connectivity index (χ2n) is 4.58. The fourth-order valence-electron chi connectivity index (χ4n) is 1.94. The van der Waals surface area contributed by atoms with Gasteiger partial charge in [-0.1, -0.05) is 23.7 Å². The quantitative estimate of drug-likeness (QED) is 0.915. The zero-order chi connectivity index (χ0) is 14.5. The van der Waals surface area contributed by atoms with Gasteiger partial charge in [-0.05, 0) is 42.8 Å². The highest BCUT2D eigenvalue weighted by molar-refractivity contribution is 6.30. The van der Waals surface area contributed by atoms with Gasteiger partial charge in [-0.15, -0.1) is 0 Å². The number of nitrogens with zero attached hydrogens (tertiary/aromatic N) is 1. The largest absolute Gasteiger partial charge is 0.306 e. The van der Waals surface area contributed by atoms with Gasteiger partial charge in [0.2, 0.25) is 0 Å². The van der Waals surface area contributed by atoms with Crippen molar-refractivity contribution < 1.29 is 4.39 Å². The molecule has 0 aliphatic carbocycles. The van der Waals surface area contributed by atoms with Crippen molar-refractivity contribution in [3.63, 3.8) is 0 Å². The Balaban J connectivity index is 2.07. The number of halogens is 2. The molecule has 0 bridgehead atoms. The maximum Gasteiger partial charge on any atom is 0.127 e. The number of hydrogen-bond acceptors (Lipinski definition) is 2. The highest BCUT2D eigenvalue weighted by Crippen LogP contribution is 2.18. The van der Waals surface area contributed by atoms with Gasteiger partial charge in [0.1, 0.15) is 5.82 Å². The molecule has 0 saturated heterocycles. The lowest BCUT2D eigenvalue weighted by molar-refractivity contribution is 0.544. The number of nitrogens with one attached hydrogen (secondary N) is 1. The van der Waals surface area contributed by atoms with E-state index >= 15 is 0 Å². The van der Waals surface area contributed by atoms with Gasteiger partial charge in [-0.25, -0.2) is 4.39 Å². The SMILES string of the molecule is C[C@@H](NCc1cc(C#N)ccc1F)c1cccc(Cl)c1. The van der Waals surface area contributed by atoms with Crippen LogP contribution in [0.1, 0.15) is 29.7 Å². The molecule has 1 N–H and O–H groups in total. The first-order valence-corrected chi connectivity index (χ1v) is 6.65. The van der Waals surface area contributed by atoms with Gasteiger partial charge in [0.25, 0.3) is 0 Å². The van der Waals surface area contributed by atoms with Gasteiger partial charge in [-0.2, -0.15) is 5.26 Å². The zero-order valence-electron chi connectivity index (χ0n) is 11.0. The van der Waals surface area contributed by atoms with Gasteiger partial charge >= 0.3 is 0 Å². The molecule has 0 saturated carbocycles. The molecule has 0 unspecified atom stereocenters. The first-order chi connectivity index (χ1) is 9.60. The summed E-state index contributed by atoms with van der Waals surface area (Å²) in [5.74, 6) is -0.310. The molecule has 2 nitrogen and oxygen atoms in total. The third-order valence-corrected chi connectivity index (χ3v) is 3.36. The number of benzene rings is 2. The first-order valence-electron chi connectivity index (χ1n) is 6.27. The Hall–Kier alpha value is -1.89. The molecular weight excluding hydrogens is 275 g/mol. The molecular formula is C16H14ClFN2. The lowest BCUT2D eigenvalue weighted by Crippen LogP contribution is -2.18. The van der Waals surface area contributed by atoms with Crippen molar-refractivity contribution in [2.24, 2.45) is 0 Å². The molecule has 102 valence electrons. The first kappa shape index (κ1) is 14.5. The van der Waals surface area contributed by atoms with E-state index in [2.05, 4.69) is 5.32 Å². The Labute approximate surface area is 122 Å². The van der Waals surface area contributed by atoms with Gasteiger partial charge in [-0.3, -0.25) is 0 Å². The molecule has 2 rings (SSSR count). The van der Waals surface area contributed by atoms with Crippen molar-refractivity contribution in [2.45, 2.75) is 19.5 Å². The van der Waals surface area contributed by atoms with Crippen molar-refractivity contribution in [1.82, 2.24) is 5.32 Å². The summed E-state index contributed by atoms with van der Waals surface area (Å²) in [7, 11) is 0. The molecule has 2 aromatic rings. The van der Waals surface area contributed by atoms with Gasteiger partial charge in [0.05, 0.1) is 11.6 Å². The molecule has 0 spiro atoms. The fourth-order valence-corrected chi connectivity index (χ4v) is 2.14. The van der Waals surface area contributed by atoms with Crippen LogP contribution in [0.25, 0.3) is 0 Å². The second-order valence-corrected chi connectivity index (χ2v) is 5.01. The van der Waals surface area contributed by atoms with Gasteiger partial charge in [0, 0.05) is 23.2 Å². The topological polar surface area (TPSA) is 35.8 Å². The third kappa shape index (κ3) is 3.57. The minimum absolute atomic E-state index is 0.0406. The number of hydrogen-bond donors (Lipinski definition) is 1. The van der Waals surface area contributed by atoms with Gasteiger partial charge < -0.3 is 5.32 Å². The van der Waals surface area contributed by atoms with E-state index in [-0.39, 0.29) is 11.9 Å². The molecule has 0 aliphatic rings. The molecule has 2 aromatic carbocycles. The summed E-state index contributed by atoms with van der Waals surface area (Å²) >= 11 is 5.95. The Bertz CT molecular complexity index is 649. The molecule has 20 heavy (non-hydrogen) atoms. The highest BCUT2D eigenvalue weighted by Gasteiger charge is 2.08. The fraction of sp³-hybridized carbons (Fsp3) is 0.188. The van der Waals surface area contributed by atoms with Crippen LogP contribution in [-0.2, 0) is 6.54 Å². The lowest BCUT2D eigenvalue weighted by Gasteiger charge is -2.15. The summed E-state index contributed by atoms with van der Waals surface area (Å²) in [5, 5.41) is 12.7. The molecule has 0 amide bonds. The monoisotopic (exact) mass is 288 g/mol. The maximum atomic E-state index is 13.7. The van der Waals surface area contributed by atoms with Crippen LogP contribution in [0.5, 0.6) is 0 Å². The van der Waals surface area contributed by atoms with E-state index in [0.717, 1.165) is 5.56 Å². The van der Waals surface area contributed by atoms with Crippen LogP contribution in [-0.4, -0.2) is 0 Å². The van der Waals surface area contributed by atoms with Gasteiger partial charge in [0.15, 0.2) is 0 Å². The summed E-state index contributed by atoms with van der Waals surface area (Å²) in [4.78, 5) is 0. The predicted molar refractivity (Wildman–Crippen MR) is 77.8 cm³/mol. The summed E-state index contributed by atoms with van der Waals surface area (Å²) in [6.45, 7) is 2.34. The van der Waals surface area contributed by atoms with Crippen molar-refractivity contribution in [3.05, 3.63) is 70.0 Å². The van der Waals surface area contributed by atoms with Crippen LogP contribution >= 0.6 is 11.6 Å². The van der Waals surface area contributed by atoms with E-state index in [9.17, 15) is 4.39 Å². The van der Waals surface area contributed by atoms with Crippen molar-refractivity contribution in [3.8, 4) is 6.07 Å². The van der Waals surface area contributed by atoms with E-state index in [0.29, 0.717) is 22.7 Å². The van der Waals surface area contributed by atoms with Crippen LogP contribution < -0.4 is 5.32 Å². The standard InChI is InChI=1S/C16H14ClFN2/c1-11(13-3-2-4-15(17)8-13)20-10-14-7-12(9-19)5-6-16(14)18/h2-8,11,20H,10H2,1H3/t11-/m1/s1. The predicted octanol–water partition coefficient (Wildman–Crippen LogP) is 4.20. The van der Waals surface area contributed by atoms with Crippen molar-refractivity contribution in [2.75, 3.05) is 0 Å². The van der Waals surface area contributed by atoms with E-state index in [1.54, 1.807) is 6.07 Å².